The van der Waals surface area contributed by atoms with Crippen LogP contribution in [0.2, 0.25) is 0 Å². The molecule has 1 aromatic carbocycles. The van der Waals surface area contributed by atoms with Gasteiger partial charge in [0.1, 0.15) is 5.76 Å². The number of aliphatic hydroxyl groups excluding tert-OH is 1. The minimum atomic E-state index is -0.226. The fourth-order valence-corrected chi connectivity index (χ4v) is 2.52. The van der Waals surface area contributed by atoms with Crippen molar-refractivity contribution in [1.29, 1.82) is 0 Å². The Morgan fingerprint density at radius 2 is 1.74 bits per heavy atom. The van der Waals surface area contributed by atoms with Gasteiger partial charge in [-0.15, -0.1) is 0 Å². The van der Waals surface area contributed by atoms with Gasteiger partial charge in [0.25, 0.3) is 0 Å². The Hall–Kier alpha value is -1.90. The van der Waals surface area contributed by atoms with Gasteiger partial charge in [-0.1, -0.05) is 37.3 Å². The van der Waals surface area contributed by atoms with Crippen LogP contribution in [-0.2, 0) is 9.59 Å². The fourth-order valence-electron chi connectivity index (χ4n) is 2.52. The van der Waals surface area contributed by atoms with E-state index in [1.165, 1.54) is 0 Å². The molecule has 0 heterocycles. The number of benzene rings is 1. The largest absolute Gasteiger partial charge is 0.511 e. The number of rotatable bonds is 3. The van der Waals surface area contributed by atoms with E-state index in [0.717, 1.165) is 12.0 Å². The quantitative estimate of drug-likeness (QED) is 0.514. The molecule has 0 bridgehead atoms. The minimum absolute atomic E-state index is 0.0361. The Bertz CT molecular complexity index is 494. The number of carbonyl (C=O) groups excluding carboxylic acids is 2. The molecule has 0 amide bonds. The van der Waals surface area contributed by atoms with Crippen molar-refractivity contribution < 1.29 is 14.7 Å². The zero-order valence-electron chi connectivity index (χ0n) is 11.1. The van der Waals surface area contributed by atoms with Crippen molar-refractivity contribution in [2.45, 2.75) is 38.5 Å². The predicted molar refractivity (Wildman–Crippen MR) is 73.0 cm³/mol. The highest BCUT2D eigenvalue weighted by Crippen LogP contribution is 2.32. The van der Waals surface area contributed by atoms with E-state index in [-0.39, 0.29) is 28.8 Å². The fraction of sp³-hybridized carbons (Fsp3) is 0.375. The maximum absolute atomic E-state index is 12.1. The Labute approximate surface area is 113 Å². The lowest BCUT2D eigenvalue weighted by Crippen LogP contribution is -2.26. The molecule has 0 aliphatic heterocycles. The standard InChI is InChI=1S/C16H18O3/c1-2-6-13(17)16-14(18)9-12(10-15(16)19)11-7-4-3-5-8-11/h3-5,7-8,12,17H,2,6,9-10H2,1H3. The average Bonchev–Trinajstić information content (AvgIpc) is 2.39. The highest BCUT2D eigenvalue weighted by atomic mass is 16.3. The van der Waals surface area contributed by atoms with Crippen LogP contribution in [0.25, 0.3) is 0 Å². The van der Waals surface area contributed by atoms with Crippen molar-refractivity contribution >= 4 is 11.6 Å². The highest BCUT2D eigenvalue weighted by Gasteiger charge is 2.33. The summed E-state index contributed by atoms with van der Waals surface area (Å²) in [4.78, 5) is 24.1. The van der Waals surface area contributed by atoms with Crippen molar-refractivity contribution in [2.75, 3.05) is 0 Å². The summed E-state index contributed by atoms with van der Waals surface area (Å²) in [5.74, 6) is -0.546. The zero-order chi connectivity index (χ0) is 13.8. The van der Waals surface area contributed by atoms with E-state index in [9.17, 15) is 14.7 Å². The van der Waals surface area contributed by atoms with E-state index in [0.29, 0.717) is 19.3 Å². The van der Waals surface area contributed by atoms with Crippen LogP contribution in [0.4, 0.5) is 0 Å². The molecule has 0 aromatic heterocycles. The SMILES string of the molecule is CCCC(O)=C1C(=O)CC(c2ccccc2)CC1=O. The maximum atomic E-state index is 12.1. The highest BCUT2D eigenvalue weighted by molar-refractivity contribution is 6.22. The maximum Gasteiger partial charge on any atom is 0.170 e. The number of hydrogen-bond donors (Lipinski definition) is 1. The van der Waals surface area contributed by atoms with Crippen molar-refractivity contribution in [3.63, 3.8) is 0 Å². The van der Waals surface area contributed by atoms with Gasteiger partial charge >= 0.3 is 0 Å². The third-order valence-electron chi connectivity index (χ3n) is 3.47. The van der Waals surface area contributed by atoms with Crippen LogP contribution in [-0.4, -0.2) is 16.7 Å². The van der Waals surface area contributed by atoms with Crippen LogP contribution in [0.15, 0.2) is 41.7 Å². The van der Waals surface area contributed by atoms with Gasteiger partial charge in [0.2, 0.25) is 0 Å². The molecule has 1 fully saturated rings. The first-order chi connectivity index (χ1) is 9.13. The van der Waals surface area contributed by atoms with Gasteiger partial charge in [-0.2, -0.15) is 0 Å². The molecule has 1 aliphatic carbocycles. The van der Waals surface area contributed by atoms with Gasteiger partial charge in [-0.3, -0.25) is 9.59 Å². The summed E-state index contributed by atoms with van der Waals surface area (Å²) in [6, 6.07) is 9.60. The van der Waals surface area contributed by atoms with E-state index in [1.807, 2.05) is 37.3 Å². The molecule has 1 aliphatic rings. The second-order valence-electron chi connectivity index (χ2n) is 4.93. The first-order valence-electron chi connectivity index (χ1n) is 6.67. The Kier molecular flexibility index (Phi) is 4.15. The van der Waals surface area contributed by atoms with Crippen LogP contribution >= 0.6 is 0 Å². The van der Waals surface area contributed by atoms with E-state index in [2.05, 4.69) is 0 Å². The van der Waals surface area contributed by atoms with E-state index >= 15 is 0 Å². The number of hydrogen-bond acceptors (Lipinski definition) is 3. The average molecular weight is 258 g/mol. The Balaban J connectivity index is 2.22. The van der Waals surface area contributed by atoms with Crippen molar-refractivity contribution in [3.05, 3.63) is 47.2 Å². The number of ketones is 2. The molecule has 0 spiro atoms. The van der Waals surface area contributed by atoms with Crippen LogP contribution in [0.1, 0.15) is 44.1 Å². The van der Waals surface area contributed by atoms with Crippen LogP contribution < -0.4 is 0 Å². The first-order valence-corrected chi connectivity index (χ1v) is 6.67. The van der Waals surface area contributed by atoms with Gasteiger partial charge in [0.05, 0.1) is 5.57 Å². The lowest BCUT2D eigenvalue weighted by molar-refractivity contribution is -0.124. The molecule has 3 nitrogen and oxygen atoms in total. The smallest absolute Gasteiger partial charge is 0.170 e. The molecule has 2 rings (SSSR count). The summed E-state index contributed by atoms with van der Waals surface area (Å²) < 4.78 is 0. The van der Waals surface area contributed by atoms with Gasteiger partial charge in [-0.25, -0.2) is 0 Å². The molecule has 0 unspecified atom stereocenters. The lowest BCUT2D eigenvalue weighted by atomic mass is 9.79. The second kappa shape index (κ2) is 5.83. The van der Waals surface area contributed by atoms with Crippen LogP contribution in [0.3, 0.4) is 0 Å². The number of aliphatic hydroxyl groups is 1. The van der Waals surface area contributed by atoms with Crippen molar-refractivity contribution in [3.8, 4) is 0 Å². The second-order valence-corrected chi connectivity index (χ2v) is 4.93. The van der Waals surface area contributed by atoms with Crippen molar-refractivity contribution in [1.82, 2.24) is 0 Å². The molecular formula is C16H18O3. The van der Waals surface area contributed by atoms with Gasteiger partial charge in [0, 0.05) is 19.3 Å². The summed E-state index contributed by atoms with van der Waals surface area (Å²) in [6.45, 7) is 1.90. The van der Waals surface area contributed by atoms with Crippen LogP contribution in [0, 0.1) is 0 Å². The molecule has 0 radical (unpaired) electrons. The minimum Gasteiger partial charge on any atom is -0.511 e. The van der Waals surface area contributed by atoms with E-state index < -0.39 is 0 Å². The summed E-state index contributed by atoms with van der Waals surface area (Å²) in [7, 11) is 0. The first kappa shape index (κ1) is 13.5. The normalized spacial score (nSPS) is 19.6. The van der Waals surface area contributed by atoms with E-state index in [1.54, 1.807) is 0 Å². The van der Waals surface area contributed by atoms with Gasteiger partial charge < -0.3 is 5.11 Å². The molecule has 1 aromatic rings. The summed E-state index contributed by atoms with van der Waals surface area (Å²) in [5, 5.41) is 9.81. The Morgan fingerprint density at radius 3 is 2.26 bits per heavy atom. The monoisotopic (exact) mass is 258 g/mol. The van der Waals surface area contributed by atoms with Crippen molar-refractivity contribution in [2.24, 2.45) is 0 Å². The molecule has 19 heavy (non-hydrogen) atoms. The zero-order valence-corrected chi connectivity index (χ0v) is 11.1. The van der Waals surface area contributed by atoms with Crippen LogP contribution in [0.5, 0.6) is 0 Å². The number of Topliss-reactive ketones (excluding diaryl/α,β-unsaturated/α-hetero) is 2. The molecule has 100 valence electrons. The number of allylic oxidation sites excluding steroid dienone is 2. The molecule has 0 atom stereocenters. The molecule has 1 saturated carbocycles. The Morgan fingerprint density at radius 1 is 1.16 bits per heavy atom. The summed E-state index contributed by atoms with van der Waals surface area (Å²) >= 11 is 0. The van der Waals surface area contributed by atoms with Gasteiger partial charge in [-0.05, 0) is 17.9 Å². The third-order valence-corrected chi connectivity index (χ3v) is 3.47. The topological polar surface area (TPSA) is 54.4 Å². The molecule has 3 heteroatoms. The third kappa shape index (κ3) is 2.92. The molecular weight excluding hydrogens is 240 g/mol. The lowest BCUT2D eigenvalue weighted by Gasteiger charge is -2.23. The van der Waals surface area contributed by atoms with Gasteiger partial charge in [0.15, 0.2) is 11.6 Å². The molecule has 0 saturated heterocycles. The summed E-state index contributed by atoms with van der Waals surface area (Å²) in [6.07, 6.45) is 1.72. The van der Waals surface area contributed by atoms with E-state index in [4.69, 9.17) is 0 Å². The predicted octanol–water partition coefficient (Wildman–Crippen LogP) is 3.31. The molecule has 1 N–H and O–H groups in total. The number of carbonyl (C=O) groups is 2. The summed E-state index contributed by atoms with van der Waals surface area (Å²) in [5.41, 5.74) is 1.05.